The fraction of sp³-hybridized carbons (Fsp3) is 0.419. The lowest BCUT2D eigenvalue weighted by Gasteiger charge is -2.39. The molecule has 2 fully saturated rings. The molecule has 0 amide bonds. The third-order valence-electron chi connectivity index (χ3n) is 9.26. The number of rotatable bonds is 6. The Hall–Kier alpha value is -4.02. The Labute approximate surface area is 238 Å². The van der Waals surface area contributed by atoms with Gasteiger partial charge in [-0.25, -0.2) is 19.3 Å². The first-order valence-electron chi connectivity index (χ1n) is 14.5. The molecular formula is C31H36N8O2. The number of pyridine rings is 1. The molecule has 3 aromatic heterocycles. The number of fused-ring (bicyclic) bond motifs is 2. The van der Waals surface area contributed by atoms with Crippen LogP contribution in [0.3, 0.4) is 0 Å². The van der Waals surface area contributed by atoms with Crippen molar-refractivity contribution in [3.8, 4) is 5.82 Å². The molecule has 1 aliphatic heterocycles. The summed E-state index contributed by atoms with van der Waals surface area (Å²) in [4.78, 5) is 32.3. The van der Waals surface area contributed by atoms with Crippen molar-refractivity contribution in [2.45, 2.75) is 51.3 Å². The highest BCUT2D eigenvalue weighted by atomic mass is 16.3. The van der Waals surface area contributed by atoms with E-state index in [1.54, 1.807) is 21.6 Å². The standard InChI is InChI=1S/C31H36N8O2/c1-4-15-38-29(41)24-18-32-30(33-22-6-8-23(9-7-22)37-17-16-36(3)20(2)19-37)35-28(24)39(38)25-10-5-21-11-12-31(13-14-31)27(40)26(21)34-25/h4-10,18,20,27,40H,1,11-17,19H2,2-3H3,(H,32,33,35)/t20-,27-/m1/s1. The molecule has 212 valence electrons. The molecule has 0 radical (unpaired) electrons. The summed E-state index contributed by atoms with van der Waals surface area (Å²) in [6.45, 7) is 9.43. The minimum atomic E-state index is -0.587. The van der Waals surface area contributed by atoms with Gasteiger partial charge in [-0.1, -0.05) is 12.1 Å². The zero-order chi connectivity index (χ0) is 28.3. The summed E-state index contributed by atoms with van der Waals surface area (Å²) in [5.74, 6) is 0.933. The van der Waals surface area contributed by atoms with E-state index >= 15 is 0 Å². The van der Waals surface area contributed by atoms with E-state index in [1.807, 2.05) is 24.3 Å². The average Bonchev–Trinajstić information content (AvgIpc) is 3.72. The van der Waals surface area contributed by atoms with E-state index in [1.165, 1.54) is 5.69 Å². The quantitative estimate of drug-likeness (QED) is 0.348. The van der Waals surface area contributed by atoms with Gasteiger partial charge in [-0.05, 0) is 75.5 Å². The molecule has 2 N–H and O–H groups in total. The molecule has 41 heavy (non-hydrogen) atoms. The van der Waals surface area contributed by atoms with E-state index in [-0.39, 0.29) is 17.5 Å². The summed E-state index contributed by atoms with van der Waals surface area (Å²) in [6, 6.07) is 12.7. The van der Waals surface area contributed by atoms with E-state index in [4.69, 9.17) is 9.97 Å². The molecule has 1 saturated heterocycles. The van der Waals surface area contributed by atoms with Gasteiger partial charge in [-0.2, -0.15) is 4.98 Å². The molecule has 4 aromatic rings. The maximum atomic E-state index is 13.4. The number of benzene rings is 1. The molecule has 4 heterocycles. The Balaban J connectivity index is 1.22. The predicted molar refractivity (Wildman–Crippen MR) is 160 cm³/mol. The molecule has 0 bridgehead atoms. The van der Waals surface area contributed by atoms with Crippen LogP contribution in [0.1, 0.15) is 43.5 Å². The lowest BCUT2D eigenvalue weighted by Crippen LogP contribution is -2.50. The number of piperazine rings is 1. The van der Waals surface area contributed by atoms with Crippen LogP contribution in [0, 0.1) is 5.41 Å². The molecule has 1 saturated carbocycles. The van der Waals surface area contributed by atoms with Crippen LogP contribution in [0.5, 0.6) is 0 Å². The van der Waals surface area contributed by atoms with Gasteiger partial charge in [0.1, 0.15) is 11.5 Å². The summed E-state index contributed by atoms with van der Waals surface area (Å²) < 4.78 is 3.30. The average molecular weight is 553 g/mol. The Kier molecular flexibility index (Phi) is 6.20. The van der Waals surface area contributed by atoms with Crippen molar-refractivity contribution in [3.05, 3.63) is 76.9 Å². The van der Waals surface area contributed by atoms with E-state index in [0.29, 0.717) is 34.5 Å². The highest BCUT2D eigenvalue weighted by molar-refractivity contribution is 5.77. The maximum Gasteiger partial charge on any atom is 0.278 e. The fourth-order valence-corrected chi connectivity index (χ4v) is 6.33. The summed E-state index contributed by atoms with van der Waals surface area (Å²) in [6.07, 6.45) is 6.63. The van der Waals surface area contributed by atoms with Crippen molar-refractivity contribution in [2.75, 3.05) is 36.9 Å². The lowest BCUT2D eigenvalue weighted by atomic mass is 9.82. The Morgan fingerprint density at radius 1 is 1.12 bits per heavy atom. The molecule has 2 aliphatic carbocycles. The molecule has 2 atom stereocenters. The molecular weight excluding hydrogens is 516 g/mol. The van der Waals surface area contributed by atoms with Gasteiger partial charge in [-0.15, -0.1) is 6.58 Å². The second kappa shape index (κ2) is 9.81. The summed E-state index contributed by atoms with van der Waals surface area (Å²) in [5.41, 5.74) is 4.05. The van der Waals surface area contributed by atoms with Gasteiger partial charge in [-0.3, -0.25) is 4.79 Å². The summed E-state index contributed by atoms with van der Waals surface area (Å²) >= 11 is 0. The van der Waals surface area contributed by atoms with Crippen molar-refractivity contribution < 1.29 is 5.11 Å². The number of aliphatic hydroxyl groups excluding tert-OH is 1. The molecule has 3 aliphatic rings. The number of nitrogens with one attached hydrogen (secondary N) is 1. The van der Waals surface area contributed by atoms with Crippen molar-refractivity contribution in [2.24, 2.45) is 5.41 Å². The number of nitrogens with zero attached hydrogens (tertiary/aromatic N) is 7. The van der Waals surface area contributed by atoms with Gasteiger partial charge in [0.05, 0.1) is 12.2 Å². The van der Waals surface area contributed by atoms with E-state index < -0.39 is 6.10 Å². The van der Waals surface area contributed by atoms with Gasteiger partial charge in [0.15, 0.2) is 11.5 Å². The topological polar surface area (TPSA) is 104 Å². The van der Waals surface area contributed by atoms with Crippen molar-refractivity contribution in [1.82, 2.24) is 29.2 Å². The first-order valence-corrected chi connectivity index (χ1v) is 14.5. The summed E-state index contributed by atoms with van der Waals surface area (Å²) in [7, 11) is 2.17. The third-order valence-corrected chi connectivity index (χ3v) is 9.26. The van der Waals surface area contributed by atoms with E-state index in [9.17, 15) is 9.90 Å². The summed E-state index contributed by atoms with van der Waals surface area (Å²) in [5, 5.41) is 14.9. The first kappa shape index (κ1) is 25.9. The fourth-order valence-electron chi connectivity index (χ4n) is 6.33. The molecule has 10 heteroatoms. The smallest absolute Gasteiger partial charge is 0.278 e. The number of aromatic nitrogens is 5. The van der Waals surface area contributed by atoms with Gasteiger partial charge in [0.2, 0.25) is 5.95 Å². The number of aryl methyl sites for hydroxylation is 1. The molecule has 10 nitrogen and oxygen atoms in total. The normalized spacial score (nSPS) is 21.7. The van der Waals surface area contributed by atoms with Crippen LogP contribution in [-0.2, 0) is 13.0 Å². The van der Waals surface area contributed by atoms with Crippen LogP contribution in [0.2, 0.25) is 0 Å². The van der Waals surface area contributed by atoms with Crippen LogP contribution < -0.4 is 15.8 Å². The monoisotopic (exact) mass is 552 g/mol. The van der Waals surface area contributed by atoms with Crippen molar-refractivity contribution in [1.29, 1.82) is 0 Å². The molecule has 1 aromatic carbocycles. The van der Waals surface area contributed by atoms with Gasteiger partial charge < -0.3 is 20.2 Å². The zero-order valence-electron chi connectivity index (χ0n) is 23.6. The van der Waals surface area contributed by atoms with Crippen LogP contribution in [-0.4, -0.2) is 67.0 Å². The Morgan fingerprint density at radius 3 is 2.66 bits per heavy atom. The number of anilines is 3. The maximum absolute atomic E-state index is 13.4. The highest BCUT2D eigenvalue weighted by Gasteiger charge is 2.52. The number of aliphatic hydroxyl groups is 1. The predicted octanol–water partition coefficient (Wildman–Crippen LogP) is 3.81. The van der Waals surface area contributed by atoms with Crippen LogP contribution in [0.15, 0.2) is 60.0 Å². The second-order valence-electron chi connectivity index (χ2n) is 11.8. The molecule has 1 spiro atoms. The molecule has 7 rings (SSSR count). The highest BCUT2D eigenvalue weighted by Crippen LogP contribution is 2.60. The van der Waals surface area contributed by atoms with E-state index in [0.717, 1.165) is 56.6 Å². The first-order chi connectivity index (χ1) is 19.9. The Morgan fingerprint density at radius 2 is 1.93 bits per heavy atom. The number of hydrogen-bond acceptors (Lipinski definition) is 8. The van der Waals surface area contributed by atoms with Gasteiger partial charge in [0, 0.05) is 48.7 Å². The van der Waals surface area contributed by atoms with E-state index in [2.05, 4.69) is 52.8 Å². The minimum Gasteiger partial charge on any atom is -0.386 e. The number of hydrogen-bond donors (Lipinski definition) is 2. The SMILES string of the molecule is C=CCn1c(=O)c2cnc(Nc3ccc(N4CCN(C)[C@H](C)C4)cc3)nc2n1-c1ccc2c(n1)[C@@H](O)C1(CC2)CC1. The van der Waals surface area contributed by atoms with Crippen molar-refractivity contribution in [3.63, 3.8) is 0 Å². The molecule has 0 unspecified atom stereocenters. The Bertz CT molecular complexity index is 1690. The second-order valence-corrected chi connectivity index (χ2v) is 11.8. The minimum absolute atomic E-state index is 0.0322. The van der Waals surface area contributed by atoms with Crippen LogP contribution >= 0.6 is 0 Å². The number of allylic oxidation sites excluding steroid dienone is 1. The largest absolute Gasteiger partial charge is 0.386 e. The lowest BCUT2D eigenvalue weighted by molar-refractivity contribution is 0.0734. The number of likely N-dealkylation sites (N-methyl/N-ethyl adjacent to an activating group) is 1. The zero-order valence-corrected chi connectivity index (χ0v) is 23.6. The van der Waals surface area contributed by atoms with Crippen LogP contribution in [0.4, 0.5) is 17.3 Å². The van der Waals surface area contributed by atoms with Gasteiger partial charge >= 0.3 is 0 Å². The third kappa shape index (κ3) is 4.42. The van der Waals surface area contributed by atoms with Crippen LogP contribution in [0.25, 0.3) is 16.9 Å². The van der Waals surface area contributed by atoms with Crippen molar-refractivity contribution >= 4 is 28.4 Å². The van der Waals surface area contributed by atoms with Gasteiger partial charge in [0.25, 0.3) is 5.56 Å².